The number of hydrogen-bond acceptors (Lipinski definition) is 2. The summed E-state index contributed by atoms with van der Waals surface area (Å²) in [6, 6.07) is 11.7. The lowest BCUT2D eigenvalue weighted by Crippen LogP contribution is -2.28. The zero-order valence-corrected chi connectivity index (χ0v) is 14.8. The van der Waals surface area contributed by atoms with Gasteiger partial charge in [0.05, 0.1) is 17.2 Å². The first-order valence-corrected chi connectivity index (χ1v) is 8.61. The Kier molecular flexibility index (Phi) is 5.41. The molecule has 1 saturated heterocycles. The molecular weight excluding hydrogens is 381 g/mol. The van der Waals surface area contributed by atoms with Crippen LogP contribution in [0.25, 0.3) is 0 Å². The van der Waals surface area contributed by atoms with Crippen molar-refractivity contribution >= 4 is 29.1 Å². The number of nitrogens with one attached hydrogen (secondary N) is 1. The quantitative estimate of drug-likeness (QED) is 0.835. The zero-order valence-electron chi connectivity index (χ0n) is 14.1. The first kappa shape index (κ1) is 19.2. The molecule has 3 rings (SSSR count). The number of anilines is 1. The lowest BCUT2D eigenvalue weighted by Gasteiger charge is -2.18. The number of alkyl halides is 3. The van der Waals surface area contributed by atoms with Crippen molar-refractivity contribution in [3.8, 4) is 0 Å². The predicted octanol–water partition coefficient (Wildman–Crippen LogP) is 4.35. The van der Waals surface area contributed by atoms with Gasteiger partial charge >= 0.3 is 6.18 Å². The molecule has 0 radical (unpaired) electrons. The summed E-state index contributed by atoms with van der Waals surface area (Å²) < 4.78 is 39.1. The van der Waals surface area contributed by atoms with Gasteiger partial charge in [0.2, 0.25) is 11.8 Å². The fourth-order valence-electron chi connectivity index (χ4n) is 2.98. The monoisotopic (exact) mass is 396 g/mol. The van der Waals surface area contributed by atoms with Gasteiger partial charge in [-0.3, -0.25) is 9.59 Å². The van der Waals surface area contributed by atoms with Gasteiger partial charge in [-0.05, 0) is 29.8 Å². The van der Waals surface area contributed by atoms with Crippen LogP contribution in [-0.2, 0) is 22.3 Å². The van der Waals surface area contributed by atoms with Gasteiger partial charge in [0.1, 0.15) is 0 Å². The molecule has 2 aromatic rings. The van der Waals surface area contributed by atoms with E-state index in [-0.39, 0.29) is 24.6 Å². The molecule has 0 spiro atoms. The summed E-state index contributed by atoms with van der Waals surface area (Å²) in [6.45, 7) is 0.473. The summed E-state index contributed by atoms with van der Waals surface area (Å²) >= 11 is 5.83. The third kappa shape index (κ3) is 4.60. The molecule has 0 aliphatic carbocycles. The summed E-state index contributed by atoms with van der Waals surface area (Å²) in [4.78, 5) is 26.1. The highest BCUT2D eigenvalue weighted by molar-refractivity contribution is 6.30. The Bertz CT molecular complexity index is 853. The van der Waals surface area contributed by atoms with Crippen LogP contribution < -0.4 is 5.32 Å². The van der Waals surface area contributed by atoms with Gasteiger partial charge in [0, 0.05) is 24.5 Å². The van der Waals surface area contributed by atoms with Crippen molar-refractivity contribution in [2.45, 2.75) is 19.1 Å². The molecule has 8 heteroatoms. The summed E-state index contributed by atoms with van der Waals surface area (Å²) in [5.74, 6) is -1.51. The summed E-state index contributed by atoms with van der Waals surface area (Å²) in [5, 5.41) is 2.89. The Balaban J connectivity index is 1.67. The largest absolute Gasteiger partial charge is 0.418 e. The normalized spacial score (nSPS) is 17.3. The van der Waals surface area contributed by atoms with Crippen molar-refractivity contribution in [1.82, 2.24) is 4.90 Å². The van der Waals surface area contributed by atoms with E-state index in [0.29, 0.717) is 11.6 Å². The molecule has 2 amide bonds. The zero-order chi connectivity index (χ0) is 19.6. The number of carbonyl (C=O) groups excluding carboxylic acids is 2. The van der Waals surface area contributed by atoms with Crippen LogP contribution in [0, 0.1) is 5.92 Å². The summed E-state index contributed by atoms with van der Waals surface area (Å²) in [5.41, 5.74) is -0.365. The molecule has 0 aromatic heterocycles. The third-order valence-corrected chi connectivity index (χ3v) is 4.61. The number of amides is 2. The maximum atomic E-state index is 13.0. The lowest BCUT2D eigenvalue weighted by molar-refractivity contribution is -0.137. The van der Waals surface area contributed by atoms with Crippen LogP contribution in [-0.4, -0.2) is 23.3 Å². The van der Waals surface area contributed by atoms with Crippen LogP contribution in [0.15, 0.2) is 48.5 Å². The van der Waals surface area contributed by atoms with E-state index in [1.165, 1.54) is 23.1 Å². The number of nitrogens with zero attached hydrogens (tertiary/aromatic N) is 1. The van der Waals surface area contributed by atoms with E-state index in [1.807, 2.05) is 0 Å². The van der Waals surface area contributed by atoms with E-state index < -0.39 is 23.6 Å². The average Bonchev–Trinajstić information content (AvgIpc) is 2.97. The molecule has 1 N–H and O–H groups in total. The molecule has 2 aromatic carbocycles. The average molecular weight is 397 g/mol. The number of benzene rings is 2. The van der Waals surface area contributed by atoms with Crippen molar-refractivity contribution in [3.05, 3.63) is 64.7 Å². The minimum atomic E-state index is -4.57. The predicted molar refractivity (Wildman–Crippen MR) is 95.0 cm³/mol. The van der Waals surface area contributed by atoms with Gasteiger partial charge in [0.25, 0.3) is 0 Å². The van der Waals surface area contributed by atoms with E-state index >= 15 is 0 Å². The molecule has 1 unspecified atom stereocenters. The van der Waals surface area contributed by atoms with Crippen molar-refractivity contribution in [1.29, 1.82) is 0 Å². The molecule has 1 fully saturated rings. The summed E-state index contributed by atoms with van der Waals surface area (Å²) in [7, 11) is 0. The van der Waals surface area contributed by atoms with Gasteiger partial charge in [-0.2, -0.15) is 13.2 Å². The molecule has 1 atom stereocenters. The molecule has 142 valence electrons. The molecule has 1 aliphatic heterocycles. The number of para-hydroxylation sites is 1. The van der Waals surface area contributed by atoms with Crippen LogP contribution in [0.3, 0.4) is 0 Å². The van der Waals surface area contributed by atoms with Crippen LogP contribution in [0.2, 0.25) is 5.02 Å². The van der Waals surface area contributed by atoms with E-state index in [2.05, 4.69) is 5.32 Å². The van der Waals surface area contributed by atoms with E-state index in [1.54, 1.807) is 24.3 Å². The number of halogens is 4. The fourth-order valence-corrected chi connectivity index (χ4v) is 3.11. The molecule has 27 heavy (non-hydrogen) atoms. The fraction of sp³-hybridized carbons (Fsp3) is 0.263. The van der Waals surface area contributed by atoms with Crippen LogP contribution >= 0.6 is 11.6 Å². The minimum absolute atomic E-state index is 0.0341. The maximum Gasteiger partial charge on any atom is 0.418 e. The second-order valence-corrected chi connectivity index (χ2v) is 6.77. The Morgan fingerprint density at radius 1 is 1.15 bits per heavy atom. The molecule has 1 aliphatic rings. The second kappa shape index (κ2) is 7.60. The highest BCUT2D eigenvalue weighted by atomic mass is 35.5. The standard InChI is InChI=1S/C19H16ClF3N2O2/c20-14-7-5-12(6-8-14)10-25-11-13(9-17(25)26)18(27)24-16-4-2-1-3-15(16)19(21,22)23/h1-8,13H,9-11H2,(H,24,27). The molecular formula is C19H16ClF3N2O2. The number of rotatable bonds is 4. The van der Waals surface area contributed by atoms with E-state index in [9.17, 15) is 22.8 Å². The Morgan fingerprint density at radius 2 is 1.81 bits per heavy atom. The number of carbonyl (C=O) groups is 2. The van der Waals surface area contributed by atoms with Gasteiger partial charge < -0.3 is 10.2 Å². The maximum absolute atomic E-state index is 13.0. The topological polar surface area (TPSA) is 49.4 Å². The van der Waals surface area contributed by atoms with E-state index in [4.69, 9.17) is 11.6 Å². The molecule has 4 nitrogen and oxygen atoms in total. The first-order chi connectivity index (χ1) is 12.7. The van der Waals surface area contributed by atoms with Gasteiger partial charge in [0.15, 0.2) is 0 Å². The van der Waals surface area contributed by atoms with Gasteiger partial charge in [-0.15, -0.1) is 0 Å². The molecule has 1 heterocycles. The van der Waals surface area contributed by atoms with Crippen LogP contribution in [0.5, 0.6) is 0 Å². The van der Waals surface area contributed by atoms with Crippen molar-refractivity contribution in [2.24, 2.45) is 5.92 Å². The number of likely N-dealkylation sites (tertiary alicyclic amines) is 1. The van der Waals surface area contributed by atoms with E-state index in [0.717, 1.165) is 11.6 Å². The lowest BCUT2D eigenvalue weighted by atomic mass is 10.1. The van der Waals surface area contributed by atoms with Crippen molar-refractivity contribution in [3.63, 3.8) is 0 Å². The van der Waals surface area contributed by atoms with Crippen molar-refractivity contribution < 1.29 is 22.8 Å². The van der Waals surface area contributed by atoms with Crippen molar-refractivity contribution in [2.75, 3.05) is 11.9 Å². The van der Waals surface area contributed by atoms with Crippen LogP contribution in [0.4, 0.5) is 18.9 Å². The second-order valence-electron chi connectivity index (χ2n) is 6.33. The third-order valence-electron chi connectivity index (χ3n) is 4.36. The Morgan fingerprint density at radius 3 is 2.48 bits per heavy atom. The number of hydrogen-bond donors (Lipinski definition) is 1. The highest BCUT2D eigenvalue weighted by Gasteiger charge is 2.37. The Labute approximate surface area is 158 Å². The Hall–Kier alpha value is -2.54. The highest BCUT2D eigenvalue weighted by Crippen LogP contribution is 2.35. The molecule has 0 bridgehead atoms. The summed E-state index contributed by atoms with van der Waals surface area (Å²) in [6.07, 6.45) is -4.61. The van der Waals surface area contributed by atoms with Gasteiger partial charge in [-0.25, -0.2) is 0 Å². The smallest absolute Gasteiger partial charge is 0.338 e. The first-order valence-electron chi connectivity index (χ1n) is 8.23. The van der Waals surface area contributed by atoms with Gasteiger partial charge in [-0.1, -0.05) is 35.9 Å². The SMILES string of the molecule is O=C(Nc1ccccc1C(F)(F)F)C1CC(=O)N(Cc2ccc(Cl)cc2)C1. The minimum Gasteiger partial charge on any atom is -0.338 e. The molecule has 0 saturated carbocycles. The van der Waals surface area contributed by atoms with Crippen LogP contribution in [0.1, 0.15) is 17.5 Å².